The van der Waals surface area contributed by atoms with Gasteiger partial charge in [0, 0.05) is 25.1 Å². The highest BCUT2D eigenvalue weighted by Crippen LogP contribution is 2.27. The molecule has 0 bridgehead atoms. The van der Waals surface area contributed by atoms with Gasteiger partial charge in [-0.3, -0.25) is 4.79 Å². The lowest BCUT2D eigenvalue weighted by Gasteiger charge is -2.15. The number of benzene rings is 1. The predicted molar refractivity (Wildman–Crippen MR) is 109 cm³/mol. The summed E-state index contributed by atoms with van der Waals surface area (Å²) >= 11 is 8.32. The molecule has 0 saturated carbocycles. The second-order valence-electron chi connectivity index (χ2n) is 5.49. The Hall–Kier alpha value is -1.57. The van der Waals surface area contributed by atoms with E-state index in [2.05, 4.69) is 11.4 Å². The number of carbonyl (C=O) groups is 1. The molecule has 1 heterocycles. The summed E-state index contributed by atoms with van der Waals surface area (Å²) in [6, 6.07) is 12.5. The van der Waals surface area contributed by atoms with Crippen molar-refractivity contribution >= 4 is 50.6 Å². The van der Waals surface area contributed by atoms with Crippen LogP contribution in [0.1, 0.15) is 11.1 Å². The third-order valence-electron chi connectivity index (χ3n) is 3.54. The number of rotatable bonds is 9. The molecule has 2 aromatic rings. The van der Waals surface area contributed by atoms with Crippen molar-refractivity contribution in [3.05, 3.63) is 51.9 Å². The molecule has 2 rings (SSSR count). The molecular formula is C17H18ClN3O3S3. The van der Waals surface area contributed by atoms with E-state index in [1.165, 1.54) is 19.2 Å². The molecule has 1 amide bonds. The highest BCUT2D eigenvalue weighted by Gasteiger charge is 2.24. The number of amides is 1. The molecule has 0 aliphatic carbocycles. The van der Waals surface area contributed by atoms with Crippen molar-refractivity contribution in [3.63, 3.8) is 0 Å². The van der Waals surface area contributed by atoms with Crippen LogP contribution in [0.15, 0.2) is 40.6 Å². The Labute approximate surface area is 172 Å². The Kier molecular flexibility index (Phi) is 8.13. The Bertz CT molecular complexity index is 938. The number of carbonyl (C=O) groups excluding carboxylic acids is 1. The molecule has 0 aliphatic rings. The van der Waals surface area contributed by atoms with E-state index in [0.29, 0.717) is 28.0 Å². The molecule has 1 aromatic carbocycles. The van der Waals surface area contributed by atoms with E-state index in [0.717, 1.165) is 21.2 Å². The van der Waals surface area contributed by atoms with Gasteiger partial charge in [0.05, 0.1) is 22.5 Å². The quantitative estimate of drug-likeness (QED) is 0.601. The van der Waals surface area contributed by atoms with E-state index in [1.54, 1.807) is 17.8 Å². The topological polar surface area (TPSA) is 90.3 Å². The summed E-state index contributed by atoms with van der Waals surface area (Å²) < 4.78 is 26.2. The van der Waals surface area contributed by atoms with Crippen LogP contribution in [0, 0.1) is 11.3 Å². The lowest BCUT2D eigenvalue weighted by atomic mass is 10.1. The van der Waals surface area contributed by atoms with Crippen molar-refractivity contribution in [2.24, 2.45) is 0 Å². The smallest absolute Gasteiger partial charge is 0.252 e. The number of thioether (sulfide) groups is 1. The molecule has 0 saturated heterocycles. The normalized spacial score (nSPS) is 11.3. The molecule has 1 N–H and O–H groups in total. The summed E-state index contributed by atoms with van der Waals surface area (Å²) in [4.78, 5) is 12.0. The molecule has 0 atom stereocenters. The average molecular weight is 444 g/mol. The number of likely N-dealkylation sites (N-methyl/N-ethyl adjacent to an activating group) is 1. The zero-order chi connectivity index (χ0) is 19.9. The number of nitrogens with one attached hydrogen (secondary N) is 1. The molecule has 144 valence electrons. The molecule has 27 heavy (non-hydrogen) atoms. The summed E-state index contributed by atoms with van der Waals surface area (Å²) in [5, 5.41) is 11.8. The first-order valence-corrected chi connectivity index (χ1v) is 11.7. The van der Waals surface area contributed by atoms with Gasteiger partial charge in [-0.1, -0.05) is 29.8 Å². The third-order valence-corrected chi connectivity index (χ3v) is 8.05. The Morgan fingerprint density at radius 3 is 2.74 bits per heavy atom. The third kappa shape index (κ3) is 6.23. The van der Waals surface area contributed by atoms with E-state index < -0.39 is 10.0 Å². The van der Waals surface area contributed by atoms with Crippen LogP contribution in [0.25, 0.3) is 0 Å². The van der Waals surface area contributed by atoms with E-state index in [9.17, 15) is 13.2 Å². The monoisotopic (exact) mass is 443 g/mol. The van der Waals surface area contributed by atoms with Gasteiger partial charge in [-0.25, -0.2) is 8.42 Å². The molecular weight excluding hydrogens is 426 g/mol. The van der Waals surface area contributed by atoms with Gasteiger partial charge < -0.3 is 5.32 Å². The molecule has 6 nitrogen and oxygen atoms in total. The highest BCUT2D eigenvalue weighted by molar-refractivity contribution is 7.98. The number of halogens is 1. The summed E-state index contributed by atoms with van der Waals surface area (Å²) in [6.45, 7) is 0.150. The van der Waals surface area contributed by atoms with Gasteiger partial charge in [0.15, 0.2) is 0 Å². The minimum atomic E-state index is -3.72. The number of nitrogens with zero attached hydrogens (tertiary/aromatic N) is 2. The molecule has 1 aromatic heterocycles. The van der Waals surface area contributed by atoms with Crippen LogP contribution in [-0.2, 0) is 20.6 Å². The molecule has 0 fully saturated rings. The standard InChI is InChI=1S/C17H18ClN3O3S3/c1-21(27(23,24)17-7-6-15(18)26-17)11-16(22)20-8-9-25-12-14-5-3-2-4-13(14)10-19/h2-7H,8-9,11-12H2,1H3,(H,20,22). The van der Waals surface area contributed by atoms with E-state index >= 15 is 0 Å². The van der Waals surface area contributed by atoms with E-state index in [1.807, 2.05) is 18.2 Å². The van der Waals surface area contributed by atoms with Crippen molar-refractivity contribution in [1.29, 1.82) is 5.26 Å². The van der Waals surface area contributed by atoms with Crippen molar-refractivity contribution in [2.75, 3.05) is 25.9 Å². The summed E-state index contributed by atoms with van der Waals surface area (Å²) in [5.41, 5.74) is 1.60. The highest BCUT2D eigenvalue weighted by atomic mass is 35.5. The fourth-order valence-electron chi connectivity index (χ4n) is 2.13. The minimum absolute atomic E-state index is 0.106. The van der Waals surface area contributed by atoms with Gasteiger partial charge in [0.1, 0.15) is 4.21 Å². The first kappa shape index (κ1) is 21.7. The van der Waals surface area contributed by atoms with Crippen molar-refractivity contribution in [1.82, 2.24) is 9.62 Å². The lowest BCUT2D eigenvalue weighted by Crippen LogP contribution is -2.38. The molecule has 0 aliphatic heterocycles. The maximum atomic E-state index is 12.3. The molecule has 0 spiro atoms. The van der Waals surface area contributed by atoms with Gasteiger partial charge in [0.25, 0.3) is 10.0 Å². The fraction of sp³-hybridized carbons (Fsp3) is 0.294. The maximum Gasteiger partial charge on any atom is 0.252 e. The average Bonchev–Trinajstić information content (AvgIpc) is 3.09. The van der Waals surface area contributed by atoms with Gasteiger partial charge in [0.2, 0.25) is 5.91 Å². The maximum absolute atomic E-state index is 12.3. The number of sulfonamides is 1. The van der Waals surface area contributed by atoms with Crippen molar-refractivity contribution in [3.8, 4) is 6.07 Å². The molecule has 0 radical (unpaired) electrons. The van der Waals surface area contributed by atoms with Crippen molar-refractivity contribution in [2.45, 2.75) is 9.96 Å². The Morgan fingerprint density at radius 1 is 1.33 bits per heavy atom. The lowest BCUT2D eigenvalue weighted by molar-refractivity contribution is -0.121. The predicted octanol–water partition coefficient (Wildman–Crippen LogP) is 2.94. The summed E-state index contributed by atoms with van der Waals surface area (Å²) in [5.74, 6) is 0.956. The zero-order valence-corrected chi connectivity index (χ0v) is 17.7. The van der Waals surface area contributed by atoms with Crippen LogP contribution in [0.3, 0.4) is 0 Å². The number of hydrogen-bond acceptors (Lipinski definition) is 6. The SMILES string of the molecule is CN(CC(=O)NCCSCc1ccccc1C#N)S(=O)(=O)c1ccc(Cl)s1. The van der Waals surface area contributed by atoms with Crippen LogP contribution in [0.5, 0.6) is 0 Å². The number of hydrogen-bond donors (Lipinski definition) is 1. The summed E-state index contributed by atoms with van der Waals surface area (Å²) in [7, 11) is -2.36. The largest absolute Gasteiger partial charge is 0.354 e. The number of thiophene rings is 1. The Balaban J connectivity index is 1.74. The molecule has 0 unspecified atom stereocenters. The van der Waals surface area contributed by atoms with Crippen LogP contribution in [-0.4, -0.2) is 44.5 Å². The van der Waals surface area contributed by atoms with Crippen LogP contribution < -0.4 is 5.32 Å². The van der Waals surface area contributed by atoms with Crippen molar-refractivity contribution < 1.29 is 13.2 Å². The van der Waals surface area contributed by atoms with E-state index in [4.69, 9.17) is 16.9 Å². The first-order chi connectivity index (χ1) is 12.8. The second kappa shape index (κ2) is 10.1. The zero-order valence-electron chi connectivity index (χ0n) is 14.5. The van der Waals surface area contributed by atoms with Gasteiger partial charge in [-0.15, -0.1) is 11.3 Å². The van der Waals surface area contributed by atoms with E-state index in [-0.39, 0.29) is 16.7 Å². The first-order valence-electron chi connectivity index (χ1n) is 7.88. The minimum Gasteiger partial charge on any atom is -0.354 e. The fourth-order valence-corrected chi connectivity index (χ4v) is 5.82. The molecule has 10 heteroatoms. The second-order valence-corrected chi connectivity index (χ2v) is 10.6. The van der Waals surface area contributed by atoms with Crippen LogP contribution in [0.4, 0.5) is 0 Å². The number of nitriles is 1. The summed E-state index contributed by atoms with van der Waals surface area (Å²) in [6.07, 6.45) is 0. The van der Waals surface area contributed by atoms with Gasteiger partial charge in [-0.05, 0) is 23.8 Å². The van der Waals surface area contributed by atoms with Gasteiger partial charge in [-0.2, -0.15) is 21.3 Å². The van der Waals surface area contributed by atoms with Gasteiger partial charge >= 0.3 is 0 Å². The Morgan fingerprint density at radius 2 is 2.07 bits per heavy atom. The van der Waals surface area contributed by atoms with Crippen LogP contribution >= 0.6 is 34.7 Å². The van der Waals surface area contributed by atoms with Crippen LogP contribution in [0.2, 0.25) is 4.34 Å².